The fourth-order valence-electron chi connectivity index (χ4n) is 1.54. The number of nitrogens with two attached hydrogens (primary N) is 1. The fraction of sp³-hybridized carbons (Fsp3) is 0.385. The van der Waals surface area contributed by atoms with Crippen LogP contribution in [0, 0.1) is 0 Å². The minimum absolute atomic E-state index is 0.00578. The van der Waals surface area contributed by atoms with E-state index in [1.165, 1.54) is 12.1 Å². The van der Waals surface area contributed by atoms with E-state index in [4.69, 9.17) is 10.8 Å². The number of carbonyl (C=O) groups excluding carboxylic acids is 1. The minimum atomic E-state index is -4.40. The third-order valence-corrected chi connectivity index (χ3v) is 2.75. The van der Waals surface area contributed by atoms with Crippen molar-refractivity contribution in [3.05, 3.63) is 35.4 Å². The first kappa shape index (κ1) is 17.0. The van der Waals surface area contributed by atoms with Crippen molar-refractivity contribution in [3.8, 4) is 0 Å². The molecule has 4 N–H and O–H groups in total. The molecule has 1 unspecified atom stereocenters. The third-order valence-electron chi connectivity index (χ3n) is 2.75. The van der Waals surface area contributed by atoms with Crippen LogP contribution >= 0.6 is 0 Å². The molecule has 0 bridgehead atoms. The van der Waals surface area contributed by atoms with Crippen molar-refractivity contribution in [2.24, 2.45) is 5.73 Å². The van der Waals surface area contributed by atoms with Gasteiger partial charge in [0.1, 0.15) is 0 Å². The predicted molar refractivity (Wildman–Crippen MR) is 68.1 cm³/mol. The lowest BCUT2D eigenvalue weighted by molar-refractivity contribution is -0.138. The van der Waals surface area contributed by atoms with Crippen LogP contribution in [0.15, 0.2) is 24.3 Å². The molecule has 5 nitrogen and oxygen atoms in total. The van der Waals surface area contributed by atoms with Crippen molar-refractivity contribution in [1.82, 2.24) is 5.32 Å². The first-order chi connectivity index (χ1) is 9.70. The van der Waals surface area contributed by atoms with E-state index in [9.17, 15) is 22.8 Å². The summed E-state index contributed by atoms with van der Waals surface area (Å²) >= 11 is 0. The van der Waals surface area contributed by atoms with Crippen LogP contribution < -0.4 is 11.1 Å². The number of benzene rings is 1. The molecule has 0 fully saturated rings. The molecule has 21 heavy (non-hydrogen) atoms. The van der Waals surface area contributed by atoms with Crippen LogP contribution in [-0.2, 0) is 22.3 Å². The Bertz CT molecular complexity index is 500. The maximum atomic E-state index is 12.4. The van der Waals surface area contributed by atoms with Gasteiger partial charge in [0.2, 0.25) is 5.91 Å². The maximum Gasteiger partial charge on any atom is 0.416 e. The smallest absolute Gasteiger partial charge is 0.416 e. The Morgan fingerprint density at radius 2 is 1.81 bits per heavy atom. The number of amides is 1. The van der Waals surface area contributed by atoms with Crippen molar-refractivity contribution in [2.75, 3.05) is 0 Å². The molecule has 1 atom stereocenters. The zero-order valence-corrected chi connectivity index (χ0v) is 11.0. The number of halogens is 3. The van der Waals surface area contributed by atoms with Gasteiger partial charge in [0.05, 0.1) is 11.6 Å². The Morgan fingerprint density at radius 3 is 2.29 bits per heavy atom. The lowest BCUT2D eigenvalue weighted by Gasteiger charge is -2.12. The monoisotopic (exact) mass is 304 g/mol. The molecule has 0 heterocycles. The first-order valence-corrected chi connectivity index (χ1v) is 6.11. The van der Waals surface area contributed by atoms with Gasteiger partial charge in [-0.2, -0.15) is 13.2 Å². The molecule has 116 valence electrons. The molecule has 0 saturated carbocycles. The van der Waals surface area contributed by atoms with Crippen LogP contribution in [0.3, 0.4) is 0 Å². The standard InChI is InChI=1S/C13H15F3N2O3/c14-13(15,16)9-3-1-8(2-4-9)7-18-12(21)10(17)5-6-11(19)20/h1-4,10H,5-7,17H2,(H,18,21)(H,19,20). The first-order valence-electron chi connectivity index (χ1n) is 6.11. The van der Waals surface area contributed by atoms with E-state index in [2.05, 4.69) is 5.32 Å². The lowest BCUT2D eigenvalue weighted by atomic mass is 10.1. The molecule has 1 aromatic carbocycles. The van der Waals surface area contributed by atoms with E-state index < -0.39 is 29.7 Å². The summed E-state index contributed by atoms with van der Waals surface area (Å²) < 4.78 is 37.1. The summed E-state index contributed by atoms with van der Waals surface area (Å²) in [6.45, 7) is 0.0255. The lowest BCUT2D eigenvalue weighted by Crippen LogP contribution is -2.40. The molecule has 0 radical (unpaired) electrons. The summed E-state index contributed by atoms with van der Waals surface area (Å²) in [4.78, 5) is 21.9. The maximum absolute atomic E-state index is 12.4. The van der Waals surface area contributed by atoms with Gasteiger partial charge >= 0.3 is 12.1 Å². The van der Waals surface area contributed by atoms with E-state index in [0.29, 0.717) is 5.56 Å². The number of nitrogens with one attached hydrogen (secondary N) is 1. The number of aliphatic carboxylic acids is 1. The molecule has 0 aliphatic heterocycles. The van der Waals surface area contributed by atoms with Gasteiger partial charge in [0, 0.05) is 13.0 Å². The second-order valence-corrected chi connectivity index (χ2v) is 4.45. The highest BCUT2D eigenvalue weighted by Gasteiger charge is 2.29. The third kappa shape index (κ3) is 5.82. The molecule has 0 aliphatic carbocycles. The Hall–Kier alpha value is -2.09. The Labute approximate surface area is 118 Å². The SMILES string of the molecule is NC(CCC(=O)O)C(=O)NCc1ccc(C(F)(F)F)cc1. The Morgan fingerprint density at radius 1 is 1.24 bits per heavy atom. The van der Waals surface area contributed by atoms with Gasteiger partial charge in [-0.1, -0.05) is 12.1 Å². The summed E-state index contributed by atoms with van der Waals surface area (Å²) in [6, 6.07) is 3.39. The number of carboxylic acid groups (broad SMARTS) is 1. The van der Waals surface area contributed by atoms with Crippen LogP contribution in [0.25, 0.3) is 0 Å². The highest BCUT2D eigenvalue weighted by atomic mass is 19.4. The highest BCUT2D eigenvalue weighted by molar-refractivity contribution is 5.82. The summed E-state index contributed by atoms with van der Waals surface area (Å²) in [6.07, 6.45) is -4.63. The van der Waals surface area contributed by atoms with Crippen LogP contribution in [0.1, 0.15) is 24.0 Å². The Balaban J connectivity index is 2.48. The largest absolute Gasteiger partial charge is 0.481 e. The molecule has 1 aromatic rings. The van der Waals surface area contributed by atoms with E-state index in [-0.39, 0.29) is 19.4 Å². The predicted octanol–water partition coefficient (Wildman–Crippen LogP) is 1.51. The number of rotatable bonds is 6. The molecule has 0 aromatic heterocycles. The molecule has 0 saturated heterocycles. The average molecular weight is 304 g/mol. The normalized spacial score (nSPS) is 12.8. The van der Waals surface area contributed by atoms with Gasteiger partial charge in [-0.25, -0.2) is 0 Å². The van der Waals surface area contributed by atoms with E-state index in [1.54, 1.807) is 0 Å². The number of carbonyl (C=O) groups is 2. The van der Waals surface area contributed by atoms with Gasteiger partial charge in [0.25, 0.3) is 0 Å². The fourth-order valence-corrected chi connectivity index (χ4v) is 1.54. The van der Waals surface area contributed by atoms with Crippen molar-refractivity contribution in [3.63, 3.8) is 0 Å². The zero-order chi connectivity index (χ0) is 16.0. The molecular weight excluding hydrogens is 289 g/mol. The number of carboxylic acids is 1. The molecule has 0 spiro atoms. The number of hydrogen-bond donors (Lipinski definition) is 3. The van der Waals surface area contributed by atoms with Crippen LogP contribution in [0.4, 0.5) is 13.2 Å². The van der Waals surface area contributed by atoms with Crippen molar-refractivity contribution in [1.29, 1.82) is 0 Å². The number of alkyl halides is 3. The van der Waals surface area contributed by atoms with Crippen molar-refractivity contribution >= 4 is 11.9 Å². The summed E-state index contributed by atoms with van der Waals surface area (Å²) in [7, 11) is 0. The number of hydrogen-bond acceptors (Lipinski definition) is 3. The summed E-state index contributed by atoms with van der Waals surface area (Å²) in [5.74, 6) is -1.60. The topological polar surface area (TPSA) is 92.4 Å². The molecule has 1 amide bonds. The minimum Gasteiger partial charge on any atom is -0.481 e. The van der Waals surface area contributed by atoms with E-state index in [1.807, 2.05) is 0 Å². The second kappa shape index (κ2) is 7.07. The van der Waals surface area contributed by atoms with E-state index >= 15 is 0 Å². The van der Waals surface area contributed by atoms with Crippen LogP contribution in [0.2, 0.25) is 0 Å². The average Bonchev–Trinajstić information content (AvgIpc) is 2.41. The second-order valence-electron chi connectivity index (χ2n) is 4.45. The van der Waals surface area contributed by atoms with Crippen molar-refractivity contribution < 1.29 is 27.9 Å². The van der Waals surface area contributed by atoms with E-state index in [0.717, 1.165) is 12.1 Å². The Kier molecular flexibility index (Phi) is 5.71. The van der Waals surface area contributed by atoms with Gasteiger partial charge < -0.3 is 16.2 Å². The van der Waals surface area contributed by atoms with Crippen molar-refractivity contribution in [2.45, 2.75) is 31.6 Å². The van der Waals surface area contributed by atoms with Gasteiger partial charge in [-0.3, -0.25) is 9.59 Å². The summed E-state index contributed by atoms with van der Waals surface area (Å²) in [5.41, 5.74) is 5.21. The molecular formula is C13H15F3N2O3. The summed E-state index contributed by atoms with van der Waals surface area (Å²) in [5, 5.41) is 10.9. The quantitative estimate of drug-likeness (QED) is 0.743. The van der Waals surface area contributed by atoms with Crippen LogP contribution in [-0.4, -0.2) is 23.0 Å². The van der Waals surface area contributed by atoms with Crippen LogP contribution in [0.5, 0.6) is 0 Å². The highest BCUT2D eigenvalue weighted by Crippen LogP contribution is 2.28. The molecule has 8 heteroatoms. The van der Waals surface area contributed by atoms with Gasteiger partial charge in [-0.15, -0.1) is 0 Å². The molecule has 0 aliphatic rings. The molecule has 1 rings (SSSR count). The van der Waals surface area contributed by atoms with Gasteiger partial charge in [-0.05, 0) is 24.1 Å². The van der Waals surface area contributed by atoms with Gasteiger partial charge in [0.15, 0.2) is 0 Å². The zero-order valence-electron chi connectivity index (χ0n) is 11.0.